The van der Waals surface area contributed by atoms with E-state index in [0.29, 0.717) is 12.4 Å². The quantitative estimate of drug-likeness (QED) is 0.257. The minimum Gasteiger partial charge on any atom is -0.383 e. The highest BCUT2D eigenvalue weighted by molar-refractivity contribution is 6.16. The van der Waals surface area contributed by atoms with Gasteiger partial charge in [0.05, 0.1) is 6.54 Å². The maximum Gasteiger partial charge on any atom is 0.125 e. The van der Waals surface area contributed by atoms with Crippen LogP contribution in [0.5, 0.6) is 0 Å². The van der Waals surface area contributed by atoms with Gasteiger partial charge >= 0.3 is 0 Å². The fourth-order valence-electron chi connectivity index (χ4n) is 3.70. The Hall–Kier alpha value is -3.65. The van der Waals surface area contributed by atoms with Crippen molar-refractivity contribution in [1.82, 2.24) is 0 Å². The molecule has 4 aromatic carbocycles. The van der Waals surface area contributed by atoms with E-state index < -0.39 is 0 Å². The maximum absolute atomic E-state index is 6.32. The molecular formula is C26H22N2. The van der Waals surface area contributed by atoms with Crippen LogP contribution in [-0.4, -0.2) is 5.84 Å². The van der Waals surface area contributed by atoms with E-state index in [-0.39, 0.29) is 0 Å². The fourth-order valence-corrected chi connectivity index (χ4v) is 3.70. The lowest BCUT2D eigenvalue weighted by Crippen LogP contribution is -2.13. The second kappa shape index (κ2) is 7.53. The largest absolute Gasteiger partial charge is 0.383 e. The van der Waals surface area contributed by atoms with E-state index in [2.05, 4.69) is 60.6 Å². The standard InChI is InChI=1S/C26H22N2/c1-3-20-21(4-2)24-15-14-19(16-25(24)23-13-9-8-12-22(20)23)26(27)28-17-18-10-6-5-7-11-18/h3-16H,1-2,17H2,(H2,27,28). The molecule has 0 fully saturated rings. The van der Waals surface area contributed by atoms with E-state index in [1.165, 1.54) is 5.39 Å². The number of hydrogen-bond donors (Lipinski definition) is 1. The number of benzene rings is 4. The van der Waals surface area contributed by atoms with Gasteiger partial charge in [0.25, 0.3) is 0 Å². The number of aliphatic imine (C=N–C) groups is 1. The van der Waals surface area contributed by atoms with Gasteiger partial charge in [-0.2, -0.15) is 0 Å². The van der Waals surface area contributed by atoms with Gasteiger partial charge in [-0.15, -0.1) is 0 Å². The lowest BCUT2D eigenvalue weighted by Gasteiger charge is -2.14. The van der Waals surface area contributed by atoms with Gasteiger partial charge < -0.3 is 5.73 Å². The number of rotatable bonds is 5. The zero-order chi connectivity index (χ0) is 19.5. The topological polar surface area (TPSA) is 38.4 Å². The SMILES string of the molecule is C=Cc1c(C=C)c2ccc(C(N)=NCc3ccccc3)cc2c2ccccc12. The Kier molecular flexibility index (Phi) is 4.77. The van der Waals surface area contributed by atoms with Crippen molar-refractivity contribution in [2.45, 2.75) is 6.54 Å². The van der Waals surface area contributed by atoms with Gasteiger partial charge in [-0.1, -0.05) is 92.0 Å². The van der Waals surface area contributed by atoms with E-state index in [0.717, 1.165) is 38.4 Å². The van der Waals surface area contributed by atoms with Crippen LogP contribution in [0.3, 0.4) is 0 Å². The van der Waals surface area contributed by atoms with E-state index in [1.54, 1.807) is 0 Å². The number of nitrogens with zero attached hydrogens (tertiary/aromatic N) is 1. The number of fused-ring (bicyclic) bond motifs is 3. The van der Waals surface area contributed by atoms with Crippen LogP contribution in [0.4, 0.5) is 0 Å². The van der Waals surface area contributed by atoms with Crippen molar-refractivity contribution in [1.29, 1.82) is 0 Å². The van der Waals surface area contributed by atoms with Crippen LogP contribution < -0.4 is 5.73 Å². The van der Waals surface area contributed by atoms with Gasteiger partial charge in [0.1, 0.15) is 5.84 Å². The summed E-state index contributed by atoms with van der Waals surface area (Å²) >= 11 is 0. The summed E-state index contributed by atoms with van der Waals surface area (Å²) in [6.07, 6.45) is 3.81. The second-order valence-electron chi connectivity index (χ2n) is 6.73. The van der Waals surface area contributed by atoms with Crippen molar-refractivity contribution >= 4 is 39.5 Å². The third-order valence-corrected chi connectivity index (χ3v) is 5.09. The smallest absolute Gasteiger partial charge is 0.125 e. The van der Waals surface area contributed by atoms with E-state index >= 15 is 0 Å². The summed E-state index contributed by atoms with van der Waals surface area (Å²) in [6.45, 7) is 8.60. The first-order valence-corrected chi connectivity index (χ1v) is 9.30. The molecule has 0 aromatic heterocycles. The molecule has 28 heavy (non-hydrogen) atoms. The van der Waals surface area contributed by atoms with Crippen molar-refractivity contribution in [3.63, 3.8) is 0 Å². The average Bonchev–Trinajstić information content (AvgIpc) is 2.76. The molecule has 0 heterocycles. The van der Waals surface area contributed by atoms with Gasteiger partial charge in [-0.05, 0) is 44.3 Å². The van der Waals surface area contributed by atoms with Crippen LogP contribution in [0, 0.1) is 0 Å². The lowest BCUT2D eigenvalue weighted by atomic mass is 9.90. The monoisotopic (exact) mass is 362 g/mol. The first kappa shape index (κ1) is 17.7. The molecule has 4 aromatic rings. The molecule has 0 saturated carbocycles. The van der Waals surface area contributed by atoms with Crippen molar-refractivity contribution in [3.8, 4) is 0 Å². The molecule has 2 nitrogen and oxygen atoms in total. The van der Waals surface area contributed by atoms with Gasteiger partial charge in [-0.3, -0.25) is 4.99 Å². The Bertz CT molecular complexity index is 1220. The first-order chi connectivity index (χ1) is 13.7. The molecule has 0 spiro atoms. The summed E-state index contributed by atoms with van der Waals surface area (Å²) in [6, 6.07) is 24.8. The zero-order valence-electron chi connectivity index (χ0n) is 15.7. The highest BCUT2D eigenvalue weighted by Crippen LogP contribution is 2.34. The Morgan fingerprint density at radius 3 is 2.04 bits per heavy atom. The molecule has 2 heteroatoms. The molecule has 0 unspecified atom stereocenters. The van der Waals surface area contributed by atoms with Crippen LogP contribution in [0.1, 0.15) is 22.3 Å². The minimum absolute atomic E-state index is 0.544. The second-order valence-corrected chi connectivity index (χ2v) is 6.73. The molecule has 0 bridgehead atoms. The molecule has 136 valence electrons. The third-order valence-electron chi connectivity index (χ3n) is 5.09. The van der Waals surface area contributed by atoms with Gasteiger partial charge in [0, 0.05) is 5.56 Å². The van der Waals surface area contributed by atoms with Crippen molar-refractivity contribution in [2.75, 3.05) is 0 Å². The van der Waals surface area contributed by atoms with Crippen LogP contribution in [0.25, 0.3) is 33.7 Å². The van der Waals surface area contributed by atoms with E-state index in [4.69, 9.17) is 5.73 Å². The Morgan fingerprint density at radius 2 is 1.36 bits per heavy atom. The Balaban J connectivity index is 1.88. The first-order valence-electron chi connectivity index (χ1n) is 9.30. The normalized spacial score (nSPS) is 11.6. The number of hydrogen-bond acceptors (Lipinski definition) is 1. The summed E-state index contributed by atoms with van der Waals surface area (Å²) < 4.78 is 0. The lowest BCUT2D eigenvalue weighted by molar-refractivity contribution is 1.06. The highest BCUT2D eigenvalue weighted by atomic mass is 14.8. The van der Waals surface area contributed by atoms with Crippen molar-refractivity contribution in [3.05, 3.63) is 108 Å². The van der Waals surface area contributed by atoms with Crippen LogP contribution in [0.2, 0.25) is 0 Å². The van der Waals surface area contributed by atoms with E-state index in [1.807, 2.05) is 42.5 Å². The molecule has 0 atom stereocenters. The highest BCUT2D eigenvalue weighted by Gasteiger charge is 2.11. The fraction of sp³-hybridized carbons (Fsp3) is 0.0385. The average molecular weight is 362 g/mol. The van der Waals surface area contributed by atoms with Crippen LogP contribution >= 0.6 is 0 Å². The summed E-state index contributed by atoms with van der Waals surface area (Å²) in [5, 5.41) is 4.63. The molecule has 0 aliphatic carbocycles. The van der Waals surface area contributed by atoms with Crippen LogP contribution in [-0.2, 0) is 6.54 Å². The molecule has 0 aliphatic heterocycles. The third kappa shape index (κ3) is 3.10. The predicted molar refractivity (Wildman–Crippen MR) is 123 cm³/mol. The van der Waals surface area contributed by atoms with Gasteiger partial charge in [-0.25, -0.2) is 0 Å². The molecule has 0 saturated heterocycles. The van der Waals surface area contributed by atoms with Gasteiger partial charge in [0.2, 0.25) is 0 Å². The molecule has 0 amide bonds. The zero-order valence-corrected chi connectivity index (χ0v) is 15.7. The summed E-state index contributed by atoms with van der Waals surface area (Å²) in [7, 11) is 0. The van der Waals surface area contributed by atoms with Crippen LogP contribution in [0.15, 0.2) is 90.9 Å². The predicted octanol–water partition coefficient (Wildman–Crippen LogP) is 6.18. The minimum atomic E-state index is 0.544. The summed E-state index contributed by atoms with van der Waals surface area (Å²) in [4.78, 5) is 4.59. The molecule has 0 radical (unpaired) electrons. The Morgan fingerprint density at radius 1 is 0.750 bits per heavy atom. The molecular weight excluding hydrogens is 340 g/mol. The summed E-state index contributed by atoms with van der Waals surface area (Å²) in [5.74, 6) is 0.544. The molecule has 2 N–H and O–H groups in total. The summed E-state index contributed by atoms with van der Waals surface area (Å²) in [5.41, 5.74) is 10.6. The Labute approximate surface area is 165 Å². The molecule has 4 rings (SSSR count). The van der Waals surface area contributed by atoms with Crippen molar-refractivity contribution in [2.24, 2.45) is 10.7 Å². The van der Waals surface area contributed by atoms with Gasteiger partial charge in [0.15, 0.2) is 0 Å². The number of nitrogens with two attached hydrogens (primary N) is 1. The number of amidine groups is 1. The maximum atomic E-state index is 6.32. The van der Waals surface area contributed by atoms with Crippen molar-refractivity contribution < 1.29 is 0 Å². The van der Waals surface area contributed by atoms with E-state index in [9.17, 15) is 0 Å². The molecule has 0 aliphatic rings.